The zero-order chi connectivity index (χ0) is 10.8. The fraction of sp³-hybridized carbons (Fsp3) is 0.154. The van der Waals surface area contributed by atoms with Crippen molar-refractivity contribution >= 4 is 16.7 Å². The van der Waals surface area contributed by atoms with Crippen LogP contribution < -0.4 is 0 Å². The fourth-order valence-electron chi connectivity index (χ4n) is 1.58. The fourth-order valence-corrected chi connectivity index (χ4v) is 1.58. The molecule has 0 heterocycles. The maximum atomic E-state index is 11.9. The molecule has 0 aliphatic carbocycles. The van der Waals surface area contributed by atoms with E-state index >= 15 is 0 Å². The van der Waals surface area contributed by atoms with Gasteiger partial charge in [-0.15, -0.1) is 0 Å². The first kappa shape index (κ1) is 9.71. The average molecular weight is 198 g/mol. The van der Waals surface area contributed by atoms with Gasteiger partial charge in [0.25, 0.3) is 5.91 Å². The summed E-state index contributed by atoms with van der Waals surface area (Å²) in [5.74, 6) is 0.0280. The van der Waals surface area contributed by atoms with Crippen molar-refractivity contribution in [2.24, 2.45) is 0 Å². The van der Waals surface area contributed by atoms with Crippen molar-refractivity contribution < 1.29 is 4.79 Å². The summed E-state index contributed by atoms with van der Waals surface area (Å²) < 4.78 is 0. The lowest BCUT2D eigenvalue weighted by Crippen LogP contribution is -2.21. The number of fused-ring (bicyclic) bond motifs is 1. The van der Waals surface area contributed by atoms with Crippen molar-refractivity contribution in [1.29, 1.82) is 0 Å². The highest BCUT2D eigenvalue weighted by Gasteiger charge is 2.10. The molecule has 2 aromatic carbocycles. The Bertz CT molecular complexity index is 497. The van der Waals surface area contributed by atoms with Crippen LogP contribution in [0.2, 0.25) is 0 Å². The molecule has 0 fully saturated rings. The number of nitrogens with zero attached hydrogens (tertiary/aromatic N) is 1. The van der Waals surface area contributed by atoms with Crippen LogP contribution in [0.25, 0.3) is 10.8 Å². The molecule has 0 atom stereocenters. The predicted molar refractivity (Wildman–Crippen MR) is 60.8 cm³/mol. The second-order valence-corrected chi connectivity index (χ2v) is 3.64. The lowest BCUT2D eigenvalue weighted by atomic mass is 10.0. The topological polar surface area (TPSA) is 20.3 Å². The molecule has 0 N–H and O–H groups in total. The van der Waals surface area contributed by atoms with E-state index in [1.807, 2.05) is 36.4 Å². The van der Waals surface area contributed by atoms with Crippen LogP contribution in [0.15, 0.2) is 36.4 Å². The van der Waals surface area contributed by atoms with Gasteiger partial charge in [-0.05, 0) is 22.9 Å². The second kappa shape index (κ2) is 3.73. The van der Waals surface area contributed by atoms with Crippen LogP contribution in [-0.2, 0) is 0 Å². The first-order valence-electron chi connectivity index (χ1n) is 4.81. The summed E-state index contributed by atoms with van der Waals surface area (Å²) in [5.41, 5.74) is 0.731. The van der Waals surface area contributed by atoms with Crippen molar-refractivity contribution in [2.75, 3.05) is 14.1 Å². The van der Waals surface area contributed by atoms with E-state index in [4.69, 9.17) is 0 Å². The Hall–Kier alpha value is -1.83. The quantitative estimate of drug-likeness (QED) is 0.688. The standard InChI is InChI=1S/C13H12NO/c1-14(2)13(15)12-9-5-7-10-6-3-4-8-11(10)12/h3-5,7-9H,1-2H3. The highest BCUT2D eigenvalue weighted by Crippen LogP contribution is 2.18. The van der Waals surface area contributed by atoms with Crippen LogP contribution in [0.1, 0.15) is 10.4 Å². The van der Waals surface area contributed by atoms with Gasteiger partial charge in [-0.25, -0.2) is 0 Å². The summed E-state index contributed by atoms with van der Waals surface area (Å²) in [6.07, 6.45) is 0. The molecule has 0 bridgehead atoms. The van der Waals surface area contributed by atoms with Crippen molar-refractivity contribution in [3.05, 3.63) is 48.0 Å². The Kier molecular flexibility index (Phi) is 2.42. The molecule has 0 unspecified atom stereocenters. The van der Waals surface area contributed by atoms with Crippen LogP contribution in [0.3, 0.4) is 0 Å². The summed E-state index contributed by atoms with van der Waals surface area (Å²) in [6, 6.07) is 14.5. The van der Waals surface area contributed by atoms with Crippen LogP contribution in [0.5, 0.6) is 0 Å². The van der Waals surface area contributed by atoms with Crippen molar-refractivity contribution in [2.45, 2.75) is 0 Å². The lowest BCUT2D eigenvalue weighted by Gasteiger charge is -2.11. The molecular formula is C13H12NO. The molecule has 0 spiro atoms. The molecule has 0 saturated carbocycles. The molecule has 0 aliphatic heterocycles. The summed E-state index contributed by atoms with van der Waals surface area (Å²) >= 11 is 0. The third kappa shape index (κ3) is 1.71. The Labute approximate surface area is 89.1 Å². The van der Waals surface area contributed by atoms with Gasteiger partial charge in [-0.3, -0.25) is 4.79 Å². The Morgan fingerprint density at radius 2 is 2.00 bits per heavy atom. The molecule has 75 valence electrons. The highest BCUT2D eigenvalue weighted by atomic mass is 16.2. The lowest BCUT2D eigenvalue weighted by molar-refractivity contribution is 0.0829. The first-order valence-corrected chi connectivity index (χ1v) is 4.81. The molecule has 15 heavy (non-hydrogen) atoms. The van der Waals surface area contributed by atoms with Gasteiger partial charge < -0.3 is 4.90 Å². The van der Waals surface area contributed by atoms with E-state index < -0.39 is 0 Å². The maximum Gasteiger partial charge on any atom is 0.253 e. The molecule has 1 radical (unpaired) electrons. The van der Waals surface area contributed by atoms with E-state index in [1.54, 1.807) is 19.0 Å². The minimum atomic E-state index is 0.0280. The Morgan fingerprint density at radius 3 is 2.73 bits per heavy atom. The number of carbonyl (C=O) groups excluding carboxylic acids is 1. The van der Waals surface area contributed by atoms with E-state index in [-0.39, 0.29) is 5.91 Å². The van der Waals surface area contributed by atoms with Crippen molar-refractivity contribution in [1.82, 2.24) is 4.90 Å². The summed E-state index contributed by atoms with van der Waals surface area (Å²) in [5, 5.41) is 1.93. The molecule has 2 heteroatoms. The molecule has 0 saturated heterocycles. The molecule has 2 rings (SSSR count). The first-order chi connectivity index (χ1) is 7.20. The van der Waals surface area contributed by atoms with E-state index in [0.29, 0.717) is 0 Å². The third-order valence-electron chi connectivity index (χ3n) is 2.34. The predicted octanol–water partition coefficient (Wildman–Crippen LogP) is 2.34. The monoisotopic (exact) mass is 198 g/mol. The summed E-state index contributed by atoms with van der Waals surface area (Å²) in [6.45, 7) is 0. The summed E-state index contributed by atoms with van der Waals surface area (Å²) in [4.78, 5) is 13.5. The minimum Gasteiger partial charge on any atom is -0.345 e. The molecule has 2 nitrogen and oxygen atoms in total. The molecule has 0 aromatic heterocycles. The number of carbonyl (C=O) groups is 1. The van der Waals surface area contributed by atoms with Crippen LogP contribution >= 0.6 is 0 Å². The Balaban J connectivity index is 2.66. The van der Waals surface area contributed by atoms with Crippen molar-refractivity contribution in [3.63, 3.8) is 0 Å². The van der Waals surface area contributed by atoms with Crippen LogP contribution in [0, 0.1) is 6.07 Å². The van der Waals surface area contributed by atoms with Gasteiger partial charge in [0.15, 0.2) is 0 Å². The normalized spacial score (nSPS) is 10.3. The zero-order valence-corrected chi connectivity index (χ0v) is 8.82. The van der Waals surface area contributed by atoms with Gasteiger partial charge in [-0.2, -0.15) is 0 Å². The van der Waals surface area contributed by atoms with E-state index in [9.17, 15) is 4.79 Å². The molecule has 1 amide bonds. The van der Waals surface area contributed by atoms with E-state index in [1.165, 1.54) is 0 Å². The van der Waals surface area contributed by atoms with E-state index in [0.717, 1.165) is 16.3 Å². The largest absolute Gasteiger partial charge is 0.345 e. The Morgan fingerprint density at radius 1 is 1.20 bits per heavy atom. The second-order valence-electron chi connectivity index (χ2n) is 3.64. The number of hydrogen-bond donors (Lipinski definition) is 0. The van der Waals surface area contributed by atoms with Crippen LogP contribution in [0.4, 0.5) is 0 Å². The van der Waals surface area contributed by atoms with Gasteiger partial charge in [-0.1, -0.05) is 30.3 Å². The SMILES string of the molecule is CN(C)C(=O)c1cccc2[c]cccc12. The molecule has 2 aromatic rings. The smallest absolute Gasteiger partial charge is 0.253 e. The summed E-state index contributed by atoms with van der Waals surface area (Å²) in [7, 11) is 3.52. The third-order valence-corrected chi connectivity index (χ3v) is 2.34. The van der Waals surface area contributed by atoms with Gasteiger partial charge in [0, 0.05) is 19.7 Å². The van der Waals surface area contributed by atoms with Gasteiger partial charge in [0.1, 0.15) is 0 Å². The number of rotatable bonds is 1. The minimum absolute atomic E-state index is 0.0280. The van der Waals surface area contributed by atoms with E-state index in [2.05, 4.69) is 6.07 Å². The average Bonchev–Trinajstić information content (AvgIpc) is 2.27. The number of hydrogen-bond acceptors (Lipinski definition) is 1. The van der Waals surface area contributed by atoms with Gasteiger partial charge in [0.2, 0.25) is 0 Å². The molecule has 0 aliphatic rings. The van der Waals surface area contributed by atoms with Crippen LogP contribution in [-0.4, -0.2) is 24.9 Å². The van der Waals surface area contributed by atoms with Gasteiger partial charge >= 0.3 is 0 Å². The van der Waals surface area contributed by atoms with Crippen molar-refractivity contribution in [3.8, 4) is 0 Å². The zero-order valence-electron chi connectivity index (χ0n) is 8.82. The highest BCUT2D eigenvalue weighted by molar-refractivity contribution is 6.06. The molecular weight excluding hydrogens is 186 g/mol. The number of amides is 1. The van der Waals surface area contributed by atoms with Gasteiger partial charge in [0.05, 0.1) is 0 Å². The number of benzene rings is 2. The maximum absolute atomic E-state index is 11.9.